The molecule has 0 bridgehead atoms. The maximum absolute atomic E-state index is 12.1. The van der Waals surface area contributed by atoms with Gasteiger partial charge in [-0.05, 0) is 38.3 Å². The van der Waals surface area contributed by atoms with Crippen LogP contribution < -0.4 is 15.4 Å². The highest BCUT2D eigenvalue weighted by atomic mass is 32.2. The molecule has 0 saturated heterocycles. The van der Waals surface area contributed by atoms with Gasteiger partial charge in [0.2, 0.25) is 0 Å². The first kappa shape index (κ1) is 20.7. The molecule has 1 aliphatic rings. The molecule has 2 N–H and O–H groups in total. The molecule has 0 aliphatic heterocycles. The van der Waals surface area contributed by atoms with Crippen LogP contribution in [0.2, 0.25) is 0 Å². The number of hydrogen-bond donors (Lipinski definition) is 2. The Labute approximate surface area is 160 Å². The summed E-state index contributed by atoms with van der Waals surface area (Å²) in [5.41, 5.74) is 0. The molecule has 1 aromatic rings. The van der Waals surface area contributed by atoms with Crippen molar-refractivity contribution in [2.45, 2.75) is 57.2 Å². The van der Waals surface area contributed by atoms with Crippen LogP contribution in [0.5, 0.6) is 5.75 Å². The molecule has 26 heavy (non-hydrogen) atoms. The van der Waals surface area contributed by atoms with Crippen molar-refractivity contribution in [1.29, 1.82) is 0 Å². The minimum Gasteiger partial charge on any atom is -0.494 e. The summed E-state index contributed by atoms with van der Waals surface area (Å²) >= 11 is 0. The van der Waals surface area contributed by atoms with Crippen LogP contribution in [-0.4, -0.2) is 46.9 Å². The second-order valence-electron chi connectivity index (χ2n) is 6.58. The molecule has 1 aliphatic carbocycles. The average Bonchev–Trinajstić information content (AvgIpc) is 2.68. The van der Waals surface area contributed by atoms with E-state index >= 15 is 0 Å². The van der Waals surface area contributed by atoms with Gasteiger partial charge in [-0.15, -0.1) is 0 Å². The van der Waals surface area contributed by atoms with Gasteiger partial charge in [0.05, 0.1) is 6.61 Å². The highest BCUT2D eigenvalue weighted by molar-refractivity contribution is 7.85. The fraction of sp³-hybridized carbons (Fsp3) is 0.650. The molecule has 0 amide bonds. The van der Waals surface area contributed by atoms with E-state index in [9.17, 15) is 4.21 Å². The molecule has 1 aromatic carbocycles. The van der Waals surface area contributed by atoms with Crippen molar-refractivity contribution in [3.8, 4) is 5.75 Å². The summed E-state index contributed by atoms with van der Waals surface area (Å²) in [6.45, 7) is 6.30. The zero-order valence-corrected chi connectivity index (χ0v) is 16.9. The standard InChI is InChI=1S/C20H33N3O2S/c1-3-21-20(22-14-9-15-25-18-11-6-5-7-12-18)23-17-10-8-13-19(16-17)26(24)4-2/h5-7,11-12,17,19H,3-4,8-10,13-16H2,1-2H3,(H2,21,22,23). The molecule has 3 unspecified atom stereocenters. The maximum atomic E-state index is 12.1. The van der Waals surface area contributed by atoms with Gasteiger partial charge in [0.1, 0.15) is 5.75 Å². The number of nitrogens with zero attached hydrogens (tertiary/aromatic N) is 1. The van der Waals surface area contributed by atoms with Crippen molar-refractivity contribution in [2.24, 2.45) is 4.99 Å². The summed E-state index contributed by atoms with van der Waals surface area (Å²) < 4.78 is 17.8. The lowest BCUT2D eigenvalue weighted by Gasteiger charge is -2.30. The minimum absolute atomic E-state index is 0.327. The lowest BCUT2D eigenvalue weighted by Crippen LogP contribution is -2.46. The molecular weight excluding hydrogens is 346 g/mol. The predicted molar refractivity (Wildman–Crippen MR) is 110 cm³/mol. The van der Waals surface area contributed by atoms with E-state index in [0.717, 1.165) is 62.7 Å². The van der Waals surface area contributed by atoms with E-state index < -0.39 is 10.8 Å². The fourth-order valence-electron chi connectivity index (χ4n) is 3.23. The van der Waals surface area contributed by atoms with Gasteiger partial charge in [-0.1, -0.05) is 31.5 Å². The topological polar surface area (TPSA) is 62.7 Å². The van der Waals surface area contributed by atoms with Gasteiger partial charge < -0.3 is 15.4 Å². The Bertz CT molecular complexity index is 565. The molecule has 0 heterocycles. The average molecular weight is 380 g/mol. The van der Waals surface area contributed by atoms with Gasteiger partial charge in [0.15, 0.2) is 5.96 Å². The van der Waals surface area contributed by atoms with Crippen LogP contribution in [-0.2, 0) is 10.8 Å². The lowest BCUT2D eigenvalue weighted by atomic mass is 9.95. The van der Waals surface area contributed by atoms with E-state index in [1.54, 1.807) is 0 Å². The molecule has 6 heteroatoms. The Morgan fingerprint density at radius 2 is 2.08 bits per heavy atom. The van der Waals surface area contributed by atoms with E-state index in [-0.39, 0.29) is 0 Å². The Balaban J connectivity index is 1.75. The van der Waals surface area contributed by atoms with Crippen LogP contribution >= 0.6 is 0 Å². The van der Waals surface area contributed by atoms with Crippen LogP contribution in [0.25, 0.3) is 0 Å². The number of guanidine groups is 1. The van der Waals surface area contributed by atoms with Gasteiger partial charge in [-0.3, -0.25) is 9.20 Å². The maximum Gasteiger partial charge on any atom is 0.191 e. The summed E-state index contributed by atoms with van der Waals surface area (Å²) in [5.74, 6) is 2.52. The van der Waals surface area contributed by atoms with E-state index in [1.165, 1.54) is 0 Å². The second kappa shape index (κ2) is 11.9. The first-order valence-electron chi connectivity index (χ1n) is 9.82. The molecule has 0 aromatic heterocycles. The quantitative estimate of drug-likeness (QED) is 0.393. The Hall–Kier alpha value is -1.56. The summed E-state index contributed by atoms with van der Waals surface area (Å²) in [6.07, 6.45) is 5.20. The summed E-state index contributed by atoms with van der Waals surface area (Å²) in [6, 6.07) is 10.2. The largest absolute Gasteiger partial charge is 0.494 e. The van der Waals surface area contributed by atoms with E-state index in [2.05, 4.69) is 22.5 Å². The third kappa shape index (κ3) is 7.36. The second-order valence-corrected chi connectivity index (χ2v) is 8.58. The molecule has 146 valence electrons. The van der Waals surface area contributed by atoms with Crippen molar-refractivity contribution in [2.75, 3.05) is 25.4 Å². The SMILES string of the molecule is CCNC(=NCCCOc1ccccc1)NC1CCCC(S(=O)CC)C1. The van der Waals surface area contributed by atoms with E-state index in [0.29, 0.717) is 17.9 Å². The molecule has 3 atom stereocenters. The normalized spacial score (nSPS) is 21.8. The monoisotopic (exact) mass is 379 g/mol. The Morgan fingerprint density at radius 1 is 1.27 bits per heavy atom. The molecule has 2 rings (SSSR count). The fourth-order valence-corrected chi connectivity index (χ4v) is 4.57. The van der Waals surface area contributed by atoms with E-state index in [1.807, 2.05) is 37.3 Å². The van der Waals surface area contributed by atoms with Gasteiger partial charge in [-0.25, -0.2) is 0 Å². The van der Waals surface area contributed by atoms with Crippen molar-refractivity contribution in [3.05, 3.63) is 30.3 Å². The molecule has 1 fully saturated rings. The first-order chi connectivity index (χ1) is 12.7. The molecular formula is C20H33N3O2S. The highest BCUT2D eigenvalue weighted by Crippen LogP contribution is 2.23. The molecule has 5 nitrogen and oxygen atoms in total. The Kier molecular flexibility index (Phi) is 9.53. The first-order valence-corrected chi connectivity index (χ1v) is 11.2. The smallest absolute Gasteiger partial charge is 0.191 e. The zero-order valence-electron chi connectivity index (χ0n) is 16.1. The molecule has 0 radical (unpaired) electrons. The predicted octanol–water partition coefficient (Wildman–Crippen LogP) is 3.09. The van der Waals surface area contributed by atoms with Gasteiger partial charge in [0.25, 0.3) is 0 Å². The number of hydrogen-bond acceptors (Lipinski definition) is 3. The van der Waals surface area contributed by atoms with Crippen molar-refractivity contribution in [1.82, 2.24) is 10.6 Å². The van der Waals surface area contributed by atoms with Crippen LogP contribution in [0.4, 0.5) is 0 Å². The number of ether oxygens (including phenoxy) is 1. The van der Waals surface area contributed by atoms with Crippen LogP contribution in [0.1, 0.15) is 46.0 Å². The van der Waals surface area contributed by atoms with Gasteiger partial charge in [0, 0.05) is 47.4 Å². The number of para-hydroxylation sites is 1. The van der Waals surface area contributed by atoms with Gasteiger partial charge >= 0.3 is 0 Å². The third-order valence-corrected chi connectivity index (χ3v) is 6.29. The summed E-state index contributed by atoms with van der Waals surface area (Å²) in [5, 5.41) is 7.18. The van der Waals surface area contributed by atoms with Crippen molar-refractivity contribution < 1.29 is 8.95 Å². The van der Waals surface area contributed by atoms with Gasteiger partial charge in [-0.2, -0.15) is 0 Å². The third-order valence-electron chi connectivity index (χ3n) is 4.55. The molecule has 1 saturated carbocycles. The number of benzene rings is 1. The minimum atomic E-state index is -0.696. The van der Waals surface area contributed by atoms with Crippen molar-refractivity contribution >= 4 is 16.8 Å². The lowest BCUT2D eigenvalue weighted by molar-refractivity contribution is 0.313. The van der Waals surface area contributed by atoms with Crippen LogP contribution in [0.3, 0.4) is 0 Å². The number of aliphatic imine (C=N–C) groups is 1. The Morgan fingerprint density at radius 3 is 2.81 bits per heavy atom. The molecule has 0 spiro atoms. The number of rotatable bonds is 9. The zero-order chi connectivity index (χ0) is 18.6. The summed E-state index contributed by atoms with van der Waals surface area (Å²) in [4.78, 5) is 4.67. The summed E-state index contributed by atoms with van der Waals surface area (Å²) in [7, 11) is -0.696. The van der Waals surface area contributed by atoms with E-state index in [4.69, 9.17) is 4.74 Å². The number of nitrogens with one attached hydrogen (secondary N) is 2. The highest BCUT2D eigenvalue weighted by Gasteiger charge is 2.25. The van der Waals surface area contributed by atoms with Crippen molar-refractivity contribution in [3.63, 3.8) is 0 Å². The van der Waals surface area contributed by atoms with Crippen LogP contribution in [0, 0.1) is 0 Å². The van der Waals surface area contributed by atoms with Crippen LogP contribution in [0.15, 0.2) is 35.3 Å².